The van der Waals surface area contributed by atoms with Crippen molar-refractivity contribution >= 4 is 6.08 Å². The molecular weight excluding hydrogens is 186 g/mol. The van der Waals surface area contributed by atoms with Crippen LogP contribution in [0.4, 0.5) is 0 Å². The second-order valence-electron chi connectivity index (χ2n) is 3.68. The smallest absolute Gasteiger partial charge is 0.0724 e. The predicted octanol–water partition coefficient (Wildman–Crippen LogP) is 3.04. The fraction of sp³-hybridized carbons (Fsp3) is 0.462. The van der Waals surface area contributed by atoms with Gasteiger partial charge >= 0.3 is 0 Å². The third-order valence-corrected chi connectivity index (χ3v) is 2.28. The molecule has 1 rings (SSSR count). The number of aromatic nitrogens is 1. The zero-order valence-corrected chi connectivity index (χ0v) is 9.26. The Hall–Kier alpha value is -1.15. The van der Waals surface area contributed by atoms with Gasteiger partial charge in [0.05, 0.1) is 11.8 Å². The fourth-order valence-corrected chi connectivity index (χ4v) is 1.38. The molecule has 0 aromatic carbocycles. The second kappa shape index (κ2) is 7.18. The first-order valence-corrected chi connectivity index (χ1v) is 5.60. The topological polar surface area (TPSA) is 33.1 Å². The lowest BCUT2D eigenvalue weighted by molar-refractivity contribution is 0.209. The van der Waals surface area contributed by atoms with Gasteiger partial charge in [0.2, 0.25) is 0 Å². The Bertz CT molecular complexity index is 282. The van der Waals surface area contributed by atoms with Gasteiger partial charge in [0.1, 0.15) is 0 Å². The van der Waals surface area contributed by atoms with Gasteiger partial charge < -0.3 is 5.11 Å². The number of unbranched alkanes of at least 4 members (excludes halogenated alkanes) is 2. The molecule has 0 saturated heterocycles. The number of nitrogens with zero attached hydrogens (tertiary/aromatic N) is 1. The molecule has 0 amide bonds. The van der Waals surface area contributed by atoms with Crippen molar-refractivity contribution in [2.45, 2.75) is 38.7 Å². The number of rotatable bonds is 6. The van der Waals surface area contributed by atoms with Crippen molar-refractivity contribution in [3.63, 3.8) is 0 Å². The molecule has 0 aliphatic heterocycles. The van der Waals surface area contributed by atoms with Crippen LogP contribution in [-0.4, -0.2) is 16.2 Å². The quantitative estimate of drug-likeness (QED) is 0.724. The number of pyridine rings is 1. The summed E-state index contributed by atoms with van der Waals surface area (Å²) in [4.78, 5) is 4.15. The van der Waals surface area contributed by atoms with Crippen LogP contribution >= 0.6 is 0 Å². The van der Waals surface area contributed by atoms with Crippen LogP contribution in [0, 0.1) is 0 Å². The Labute approximate surface area is 91.7 Å². The number of hydrogen-bond donors (Lipinski definition) is 1. The zero-order valence-electron chi connectivity index (χ0n) is 9.26. The van der Waals surface area contributed by atoms with E-state index in [-0.39, 0.29) is 6.10 Å². The Morgan fingerprint density at radius 3 is 2.93 bits per heavy atom. The van der Waals surface area contributed by atoms with Gasteiger partial charge in [-0.05, 0) is 24.6 Å². The third-order valence-electron chi connectivity index (χ3n) is 2.28. The van der Waals surface area contributed by atoms with Crippen LogP contribution in [-0.2, 0) is 0 Å². The summed E-state index contributed by atoms with van der Waals surface area (Å²) < 4.78 is 0. The molecule has 0 aliphatic carbocycles. The summed E-state index contributed by atoms with van der Waals surface area (Å²) in [5.41, 5.74) is 0.895. The summed E-state index contributed by atoms with van der Waals surface area (Å²) in [5.74, 6) is 0. The summed E-state index contributed by atoms with van der Waals surface area (Å²) in [6.45, 7) is 2.16. The summed E-state index contributed by atoms with van der Waals surface area (Å²) in [6.07, 6.45) is 9.42. The molecule has 2 nitrogen and oxygen atoms in total. The van der Waals surface area contributed by atoms with Crippen molar-refractivity contribution in [2.24, 2.45) is 0 Å². The summed E-state index contributed by atoms with van der Waals surface area (Å²) in [6, 6.07) is 5.75. The minimum atomic E-state index is -0.335. The van der Waals surface area contributed by atoms with Crippen LogP contribution < -0.4 is 0 Å². The lowest BCUT2D eigenvalue weighted by Gasteiger charge is -2.03. The van der Waals surface area contributed by atoms with Crippen molar-refractivity contribution < 1.29 is 5.11 Å². The van der Waals surface area contributed by atoms with Crippen LogP contribution in [0.5, 0.6) is 0 Å². The first-order valence-electron chi connectivity index (χ1n) is 5.60. The summed E-state index contributed by atoms with van der Waals surface area (Å²) >= 11 is 0. The van der Waals surface area contributed by atoms with Gasteiger partial charge in [-0.25, -0.2) is 0 Å². The molecule has 82 valence electrons. The maximum atomic E-state index is 9.62. The van der Waals surface area contributed by atoms with Gasteiger partial charge in [0.25, 0.3) is 0 Å². The standard InChI is InChI=1S/C13H19NO/c1-2-3-4-8-13(15)10-9-12-7-5-6-11-14-12/h5-7,9-11,13,15H,2-4,8H2,1H3/b10-9+. The van der Waals surface area contributed by atoms with Crippen LogP contribution in [0.1, 0.15) is 38.3 Å². The van der Waals surface area contributed by atoms with Crippen molar-refractivity contribution in [3.05, 3.63) is 36.2 Å². The fourth-order valence-electron chi connectivity index (χ4n) is 1.38. The van der Waals surface area contributed by atoms with Gasteiger partial charge in [0, 0.05) is 6.20 Å². The zero-order chi connectivity index (χ0) is 10.9. The summed E-state index contributed by atoms with van der Waals surface area (Å²) in [5, 5.41) is 9.62. The van der Waals surface area contributed by atoms with Crippen LogP contribution in [0.2, 0.25) is 0 Å². The predicted molar refractivity (Wildman–Crippen MR) is 63.4 cm³/mol. The van der Waals surface area contributed by atoms with E-state index in [1.807, 2.05) is 30.4 Å². The van der Waals surface area contributed by atoms with Crippen molar-refractivity contribution in [3.8, 4) is 0 Å². The van der Waals surface area contributed by atoms with Crippen molar-refractivity contribution in [2.75, 3.05) is 0 Å². The molecule has 0 radical (unpaired) electrons. The number of aliphatic hydroxyl groups excluding tert-OH is 1. The molecule has 0 spiro atoms. The van der Waals surface area contributed by atoms with E-state index < -0.39 is 0 Å². The minimum Gasteiger partial charge on any atom is -0.389 e. The molecule has 1 aromatic rings. The minimum absolute atomic E-state index is 0.335. The number of aliphatic hydroxyl groups is 1. The van der Waals surface area contributed by atoms with Crippen molar-refractivity contribution in [1.29, 1.82) is 0 Å². The van der Waals surface area contributed by atoms with Crippen molar-refractivity contribution in [1.82, 2.24) is 4.98 Å². The average Bonchev–Trinajstić information content (AvgIpc) is 2.28. The molecule has 0 saturated carbocycles. The Balaban J connectivity index is 2.31. The highest BCUT2D eigenvalue weighted by atomic mass is 16.3. The third kappa shape index (κ3) is 5.33. The SMILES string of the molecule is CCCCCC(O)/C=C/c1ccccn1. The second-order valence-corrected chi connectivity index (χ2v) is 3.68. The van der Waals surface area contributed by atoms with E-state index in [1.165, 1.54) is 12.8 Å². The molecule has 15 heavy (non-hydrogen) atoms. The molecular formula is C13H19NO. The molecule has 1 atom stereocenters. The maximum absolute atomic E-state index is 9.62. The van der Waals surface area contributed by atoms with Gasteiger partial charge in [-0.2, -0.15) is 0 Å². The summed E-state index contributed by atoms with van der Waals surface area (Å²) in [7, 11) is 0. The molecule has 1 unspecified atom stereocenters. The molecule has 2 heteroatoms. The first-order chi connectivity index (χ1) is 7.33. The highest BCUT2D eigenvalue weighted by molar-refractivity contribution is 5.44. The Morgan fingerprint density at radius 2 is 2.27 bits per heavy atom. The van der Waals surface area contributed by atoms with Crippen LogP contribution in [0.3, 0.4) is 0 Å². The van der Waals surface area contributed by atoms with Crippen LogP contribution in [0.25, 0.3) is 6.08 Å². The van der Waals surface area contributed by atoms with Gasteiger partial charge in [-0.15, -0.1) is 0 Å². The normalized spacial score (nSPS) is 13.2. The average molecular weight is 205 g/mol. The monoisotopic (exact) mass is 205 g/mol. The van der Waals surface area contributed by atoms with E-state index in [9.17, 15) is 5.11 Å². The van der Waals surface area contributed by atoms with E-state index in [4.69, 9.17) is 0 Å². The van der Waals surface area contributed by atoms with Gasteiger partial charge in [0.15, 0.2) is 0 Å². The van der Waals surface area contributed by atoms with E-state index in [1.54, 1.807) is 6.20 Å². The van der Waals surface area contributed by atoms with E-state index in [2.05, 4.69) is 11.9 Å². The number of hydrogen-bond acceptors (Lipinski definition) is 2. The largest absolute Gasteiger partial charge is 0.389 e. The maximum Gasteiger partial charge on any atom is 0.0724 e. The Kier molecular flexibility index (Phi) is 5.71. The highest BCUT2D eigenvalue weighted by Gasteiger charge is 1.97. The first kappa shape index (κ1) is 11.9. The van der Waals surface area contributed by atoms with E-state index in [0.29, 0.717) is 0 Å². The van der Waals surface area contributed by atoms with Crippen LogP contribution in [0.15, 0.2) is 30.5 Å². The van der Waals surface area contributed by atoms with E-state index >= 15 is 0 Å². The lowest BCUT2D eigenvalue weighted by Crippen LogP contribution is -2.01. The lowest BCUT2D eigenvalue weighted by atomic mass is 10.1. The molecule has 0 bridgehead atoms. The van der Waals surface area contributed by atoms with Gasteiger partial charge in [-0.3, -0.25) is 4.98 Å². The van der Waals surface area contributed by atoms with Gasteiger partial charge in [-0.1, -0.05) is 38.3 Å². The molecule has 0 fully saturated rings. The highest BCUT2D eigenvalue weighted by Crippen LogP contribution is 2.06. The molecule has 0 aliphatic rings. The Morgan fingerprint density at radius 1 is 1.40 bits per heavy atom. The van der Waals surface area contributed by atoms with E-state index in [0.717, 1.165) is 18.5 Å². The molecule has 1 aromatic heterocycles. The molecule has 1 N–H and O–H groups in total. The molecule has 1 heterocycles.